The van der Waals surface area contributed by atoms with Gasteiger partial charge in [0.25, 0.3) is 0 Å². The van der Waals surface area contributed by atoms with Crippen molar-refractivity contribution in [2.75, 3.05) is 20.1 Å². The first-order valence-corrected chi connectivity index (χ1v) is 4.14. The predicted octanol–water partition coefficient (Wildman–Crippen LogP) is 0.462. The lowest BCUT2D eigenvalue weighted by Crippen LogP contribution is -2.39. The lowest BCUT2D eigenvalue weighted by molar-refractivity contribution is 0.200. The summed E-state index contributed by atoms with van der Waals surface area (Å²) in [5, 5.41) is 3.43. The van der Waals surface area contributed by atoms with Crippen molar-refractivity contribution in [3.05, 3.63) is 6.54 Å². The number of fused-ring (bicyclic) bond motifs is 1. The highest BCUT2D eigenvalue weighted by atomic mass is 15.2. The SMILES string of the molecule is CN1[CH]CCC2CNCC21. The fourth-order valence-electron chi connectivity index (χ4n) is 2.12. The van der Waals surface area contributed by atoms with Gasteiger partial charge in [0.1, 0.15) is 0 Å². The monoisotopic (exact) mass is 139 g/mol. The molecule has 2 atom stereocenters. The van der Waals surface area contributed by atoms with E-state index in [0.29, 0.717) is 0 Å². The van der Waals surface area contributed by atoms with Crippen LogP contribution in [0.3, 0.4) is 0 Å². The first kappa shape index (κ1) is 6.62. The Hall–Kier alpha value is -0.0800. The summed E-state index contributed by atoms with van der Waals surface area (Å²) in [5.74, 6) is 0.926. The first-order chi connectivity index (χ1) is 4.88. The molecule has 0 aromatic carbocycles. The van der Waals surface area contributed by atoms with Crippen LogP contribution in [0, 0.1) is 12.5 Å². The largest absolute Gasteiger partial charge is 0.315 e. The van der Waals surface area contributed by atoms with Crippen molar-refractivity contribution in [1.29, 1.82) is 0 Å². The molecule has 0 aromatic rings. The smallest absolute Gasteiger partial charge is 0.0261 e. The van der Waals surface area contributed by atoms with Gasteiger partial charge in [0.2, 0.25) is 0 Å². The molecule has 1 radical (unpaired) electrons. The van der Waals surface area contributed by atoms with E-state index in [1.54, 1.807) is 0 Å². The average molecular weight is 139 g/mol. The molecule has 0 aromatic heterocycles. The van der Waals surface area contributed by atoms with Gasteiger partial charge in [-0.3, -0.25) is 4.90 Å². The number of nitrogens with one attached hydrogen (secondary N) is 1. The molecular weight excluding hydrogens is 124 g/mol. The lowest BCUT2D eigenvalue weighted by atomic mass is 9.93. The molecule has 0 aliphatic carbocycles. The van der Waals surface area contributed by atoms with E-state index in [2.05, 4.69) is 23.8 Å². The zero-order valence-corrected chi connectivity index (χ0v) is 6.51. The Morgan fingerprint density at radius 2 is 2.40 bits per heavy atom. The quantitative estimate of drug-likeness (QED) is 0.524. The second-order valence-electron chi connectivity index (χ2n) is 3.41. The van der Waals surface area contributed by atoms with Crippen LogP contribution in [0.15, 0.2) is 0 Å². The van der Waals surface area contributed by atoms with E-state index in [4.69, 9.17) is 0 Å². The highest BCUT2D eigenvalue weighted by molar-refractivity contribution is 4.94. The summed E-state index contributed by atoms with van der Waals surface area (Å²) in [5.41, 5.74) is 0. The van der Waals surface area contributed by atoms with E-state index >= 15 is 0 Å². The predicted molar refractivity (Wildman–Crippen MR) is 41.4 cm³/mol. The molecule has 0 spiro atoms. The summed E-state index contributed by atoms with van der Waals surface area (Å²) in [4.78, 5) is 2.38. The van der Waals surface area contributed by atoms with Crippen molar-refractivity contribution >= 4 is 0 Å². The highest BCUT2D eigenvalue weighted by Gasteiger charge is 2.32. The molecular formula is C8H15N2. The van der Waals surface area contributed by atoms with E-state index in [1.807, 2.05) is 0 Å². The molecule has 0 saturated carbocycles. The molecule has 0 bridgehead atoms. The van der Waals surface area contributed by atoms with Crippen molar-refractivity contribution < 1.29 is 0 Å². The Labute approximate surface area is 62.6 Å². The normalized spacial score (nSPS) is 41.7. The third kappa shape index (κ3) is 0.956. The molecule has 2 heterocycles. The van der Waals surface area contributed by atoms with Crippen LogP contribution in [0.25, 0.3) is 0 Å². The van der Waals surface area contributed by atoms with E-state index in [-0.39, 0.29) is 0 Å². The molecule has 2 heteroatoms. The minimum atomic E-state index is 0.800. The Morgan fingerprint density at radius 1 is 1.50 bits per heavy atom. The standard InChI is InChI=1S/C8H15N2/c1-10-4-2-3-7-5-9-6-8(7)10/h4,7-9H,2-3,5-6H2,1H3. The van der Waals surface area contributed by atoms with Crippen molar-refractivity contribution in [3.8, 4) is 0 Å². The summed E-state index contributed by atoms with van der Waals surface area (Å²) >= 11 is 0. The van der Waals surface area contributed by atoms with Crippen LogP contribution in [-0.4, -0.2) is 31.1 Å². The van der Waals surface area contributed by atoms with Crippen LogP contribution in [0.2, 0.25) is 0 Å². The van der Waals surface area contributed by atoms with Crippen molar-refractivity contribution in [3.63, 3.8) is 0 Å². The molecule has 0 amide bonds. The fraction of sp³-hybridized carbons (Fsp3) is 0.875. The third-order valence-electron chi connectivity index (χ3n) is 2.78. The number of piperidine rings is 1. The van der Waals surface area contributed by atoms with Gasteiger partial charge in [0.15, 0.2) is 0 Å². The van der Waals surface area contributed by atoms with Crippen LogP contribution in [0.1, 0.15) is 12.8 Å². The molecule has 1 N–H and O–H groups in total. The minimum absolute atomic E-state index is 0.800. The number of hydrogen-bond acceptors (Lipinski definition) is 2. The van der Waals surface area contributed by atoms with Crippen LogP contribution in [-0.2, 0) is 0 Å². The Morgan fingerprint density at radius 3 is 3.20 bits per heavy atom. The molecule has 2 rings (SSSR count). The van der Waals surface area contributed by atoms with Crippen LogP contribution >= 0.6 is 0 Å². The van der Waals surface area contributed by atoms with Gasteiger partial charge in [-0.15, -0.1) is 0 Å². The maximum Gasteiger partial charge on any atom is 0.0261 e. The maximum atomic E-state index is 3.43. The first-order valence-electron chi connectivity index (χ1n) is 4.14. The number of nitrogens with zero attached hydrogens (tertiary/aromatic N) is 1. The van der Waals surface area contributed by atoms with E-state index < -0.39 is 0 Å². The molecule has 2 nitrogen and oxygen atoms in total. The Balaban J connectivity index is 2.03. The van der Waals surface area contributed by atoms with Gasteiger partial charge in [0, 0.05) is 19.1 Å². The molecule has 2 unspecified atom stereocenters. The van der Waals surface area contributed by atoms with Crippen LogP contribution in [0.4, 0.5) is 0 Å². The van der Waals surface area contributed by atoms with E-state index in [9.17, 15) is 0 Å². The summed E-state index contributed by atoms with van der Waals surface area (Å²) in [6.45, 7) is 4.76. The van der Waals surface area contributed by atoms with Gasteiger partial charge in [-0.25, -0.2) is 0 Å². The van der Waals surface area contributed by atoms with E-state index in [0.717, 1.165) is 12.0 Å². The molecule has 2 fully saturated rings. The molecule has 2 aliphatic rings. The summed E-state index contributed by atoms with van der Waals surface area (Å²) in [7, 11) is 2.20. The van der Waals surface area contributed by atoms with Gasteiger partial charge >= 0.3 is 0 Å². The Bertz CT molecular complexity index is 124. The van der Waals surface area contributed by atoms with Gasteiger partial charge < -0.3 is 5.32 Å². The van der Waals surface area contributed by atoms with Gasteiger partial charge in [-0.2, -0.15) is 0 Å². The van der Waals surface area contributed by atoms with Crippen molar-refractivity contribution in [2.45, 2.75) is 18.9 Å². The molecule has 2 aliphatic heterocycles. The fourth-order valence-corrected chi connectivity index (χ4v) is 2.12. The number of likely N-dealkylation sites (tertiary alicyclic amines) is 1. The average Bonchev–Trinajstić information content (AvgIpc) is 2.36. The van der Waals surface area contributed by atoms with Gasteiger partial charge in [-0.05, 0) is 32.4 Å². The van der Waals surface area contributed by atoms with Gasteiger partial charge in [0.05, 0.1) is 0 Å². The van der Waals surface area contributed by atoms with Crippen LogP contribution < -0.4 is 5.32 Å². The lowest BCUT2D eigenvalue weighted by Gasteiger charge is -2.33. The number of hydrogen-bond donors (Lipinski definition) is 1. The molecule has 10 heavy (non-hydrogen) atoms. The van der Waals surface area contributed by atoms with Crippen molar-refractivity contribution in [1.82, 2.24) is 10.2 Å². The highest BCUT2D eigenvalue weighted by Crippen LogP contribution is 2.26. The third-order valence-corrected chi connectivity index (χ3v) is 2.78. The zero-order chi connectivity index (χ0) is 6.97. The topological polar surface area (TPSA) is 15.3 Å². The van der Waals surface area contributed by atoms with Gasteiger partial charge in [-0.1, -0.05) is 0 Å². The minimum Gasteiger partial charge on any atom is -0.315 e. The number of rotatable bonds is 0. The summed E-state index contributed by atoms with van der Waals surface area (Å²) < 4.78 is 0. The second kappa shape index (κ2) is 2.51. The summed E-state index contributed by atoms with van der Waals surface area (Å²) in [6.07, 6.45) is 2.67. The summed E-state index contributed by atoms with van der Waals surface area (Å²) in [6, 6.07) is 0.800. The van der Waals surface area contributed by atoms with Crippen molar-refractivity contribution in [2.24, 2.45) is 5.92 Å². The number of likely N-dealkylation sites (N-methyl/N-ethyl adjacent to an activating group) is 1. The molecule has 57 valence electrons. The van der Waals surface area contributed by atoms with Crippen LogP contribution in [0.5, 0.6) is 0 Å². The molecule has 2 saturated heterocycles. The second-order valence-corrected chi connectivity index (χ2v) is 3.41. The Kier molecular flexibility index (Phi) is 1.66. The van der Waals surface area contributed by atoms with E-state index in [1.165, 1.54) is 25.9 Å². The zero-order valence-electron chi connectivity index (χ0n) is 6.51. The maximum absolute atomic E-state index is 3.43.